The standard InChI is InChI=1S/C14H16N4O3S/c19-11(15-8-12(20)16-9-3-4-9)5-6-13-17-14(18-21-13)10-2-1-7-22-10/h1-2,7,9H,3-6,8H2,(H,15,19)(H,16,20). The summed E-state index contributed by atoms with van der Waals surface area (Å²) >= 11 is 1.53. The van der Waals surface area contributed by atoms with Crippen LogP contribution in [0.3, 0.4) is 0 Å². The van der Waals surface area contributed by atoms with Gasteiger partial charge in [0.15, 0.2) is 0 Å². The minimum Gasteiger partial charge on any atom is -0.352 e. The van der Waals surface area contributed by atoms with Crippen LogP contribution in [0, 0.1) is 0 Å². The fraction of sp³-hybridized carbons (Fsp3) is 0.429. The third kappa shape index (κ3) is 4.14. The molecule has 22 heavy (non-hydrogen) atoms. The highest BCUT2D eigenvalue weighted by molar-refractivity contribution is 7.13. The molecule has 2 aromatic heterocycles. The van der Waals surface area contributed by atoms with E-state index >= 15 is 0 Å². The first-order valence-corrected chi connectivity index (χ1v) is 8.01. The molecule has 1 fully saturated rings. The van der Waals surface area contributed by atoms with Gasteiger partial charge in [0.2, 0.25) is 23.5 Å². The second-order valence-electron chi connectivity index (χ2n) is 5.11. The van der Waals surface area contributed by atoms with Gasteiger partial charge in [0.05, 0.1) is 11.4 Å². The lowest BCUT2D eigenvalue weighted by Gasteiger charge is -2.04. The monoisotopic (exact) mass is 320 g/mol. The van der Waals surface area contributed by atoms with Gasteiger partial charge in [0.1, 0.15) is 0 Å². The predicted octanol–water partition coefficient (Wildman–Crippen LogP) is 1.13. The van der Waals surface area contributed by atoms with Crippen molar-refractivity contribution in [1.29, 1.82) is 0 Å². The van der Waals surface area contributed by atoms with E-state index in [-0.39, 0.29) is 24.8 Å². The number of rotatable bonds is 7. The lowest BCUT2D eigenvalue weighted by molar-refractivity contribution is -0.126. The van der Waals surface area contributed by atoms with Crippen LogP contribution in [-0.4, -0.2) is 34.5 Å². The zero-order valence-corrected chi connectivity index (χ0v) is 12.7. The molecule has 8 heteroatoms. The maximum Gasteiger partial charge on any atom is 0.239 e. The molecule has 1 aliphatic carbocycles. The molecule has 2 aromatic rings. The number of hydrogen-bond acceptors (Lipinski definition) is 6. The van der Waals surface area contributed by atoms with E-state index in [0.29, 0.717) is 24.2 Å². The number of nitrogens with one attached hydrogen (secondary N) is 2. The minimum absolute atomic E-state index is 0.0135. The van der Waals surface area contributed by atoms with Crippen LogP contribution < -0.4 is 10.6 Å². The van der Waals surface area contributed by atoms with Crippen LogP contribution >= 0.6 is 11.3 Å². The molecule has 0 spiro atoms. The molecule has 2 amide bonds. The van der Waals surface area contributed by atoms with E-state index in [2.05, 4.69) is 20.8 Å². The van der Waals surface area contributed by atoms with E-state index in [0.717, 1.165) is 17.7 Å². The maximum absolute atomic E-state index is 11.7. The summed E-state index contributed by atoms with van der Waals surface area (Å²) in [7, 11) is 0. The van der Waals surface area contributed by atoms with Gasteiger partial charge in [-0.15, -0.1) is 11.3 Å². The summed E-state index contributed by atoms with van der Waals surface area (Å²) in [4.78, 5) is 28.3. The molecule has 116 valence electrons. The SMILES string of the molecule is O=C(CCc1nc(-c2cccs2)no1)NCC(=O)NC1CC1. The molecule has 0 aliphatic heterocycles. The van der Waals surface area contributed by atoms with Crippen molar-refractivity contribution in [2.75, 3.05) is 6.54 Å². The van der Waals surface area contributed by atoms with Crippen molar-refractivity contribution in [2.45, 2.75) is 31.7 Å². The molecule has 2 N–H and O–H groups in total. The number of thiophene rings is 1. The molecule has 0 unspecified atom stereocenters. The second kappa shape index (κ2) is 6.69. The third-order valence-electron chi connectivity index (χ3n) is 3.16. The topological polar surface area (TPSA) is 97.1 Å². The number of nitrogens with zero attached hydrogens (tertiary/aromatic N) is 2. The lowest BCUT2D eigenvalue weighted by atomic mass is 10.3. The first-order valence-electron chi connectivity index (χ1n) is 7.13. The normalized spacial score (nSPS) is 13.8. The van der Waals surface area contributed by atoms with Gasteiger partial charge in [-0.3, -0.25) is 9.59 Å². The Bertz CT molecular complexity index is 649. The van der Waals surface area contributed by atoms with Crippen LogP contribution in [0.15, 0.2) is 22.0 Å². The Morgan fingerprint density at radius 2 is 2.23 bits per heavy atom. The Morgan fingerprint density at radius 1 is 1.36 bits per heavy atom. The van der Waals surface area contributed by atoms with Gasteiger partial charge >= 0.3 is 0 Å². The molecule has 1 saturated carbocycles. The van der Waals surface area contributed by atoms with Crippen molar-refractivity contribution >= 4 is 23.2 Å². The van der Waals surface area contributed by atoms with Crippen molar-refractivity contribution in [1.82, 2.24) is 20.8 Å². The summed E-state index contributed by atoms with van der Waals surface area (Å²) in [6.07, 6.45) is 2.63. The van der Waals surface area contributed by atoms with E-state index < -0.39 is 0 Å². The highest BCUT2D eigenvalue weighted by Crippen LogP contribution is 2.21. The van der Waals surface area contributed by atoms with E-state index in [9.17, 15) is 9.59 Å². The minimum atomic E-state index is -0.207. The highest BCUT2D eigenvalue weighted by Gasteiger charge is 2.23. The number of hydrogen-bond donors (Lipinski definition) is 2. The predicted molar refractivity (Wildman–Crippen MR) is 80.1 cm³/mol. The number of carbonyl (C=O) groups is 2. The summed E-state index contributed by atoms with van der Waals surface area (Å²) in [5.41, 5.74) is 0. The number of aromatic nitrogens is 2. The summed E-state index contributed by atoms with van der Waals surface area (Å²) in [5.74, 6) is 0.602. The Balaban J connectivity index is 1.40. The average Bonchev–Trinajstić information content (AvgIpc) is 3.00. The Labute approximate surface area is 131 Å². The molecule has 1 aliphatic rings. The molecule has 2 heterocycles. The van der Waals surface area contributed by atoms with Gasteiger partial charge in [0.25, 0.3) is 0 Å². The lowest BCUT2D eigenvalue weighted by Crippen LogP contribution is -2.37. The largest absolute Gasteiger partial charge is 0.352 e. The van der Waals surface area contributed by atoms with Crippen LogP contribution in [0.1, 0.15) is 25.2 Å². The van der Waals surface area contributed by atoms with Gasteiger partial charge in [-0.05, 0) is 24.3 Å². The molecular formula is C14H16N4O3S. The summed E-state index contributed by atoms with van der Waals surface area (Å²) in [6.45, 7) is 0.0135. The summed E-state index contributed by atoms with van der Waals surface area (Å²) < 4.78 is 5.11. The van der Waals surface area contributed by atoms with Crippen LogP contribution in [-0.2, 0) is 16.0 Å². The Morgan fingerprint density at radius 3 is 2.95 bits per heavy atom. The van der Waals surface area contributed by atoms with E-state index in [1.807, 2.05) is 17.5 Å². The average molecular weight is 320 g/mol. The Kier molecular flexibility index (Phi) is 4.47. The highest BCUT2D eigenvalue weighted by atomic mass is 32.1. The molecule has 0 saturated heterocycles. The van der Waals surface area contributed by atoms with Gasteiger partial charge in [-0.1, -0.05) is 11.2 Å². The molecule has 0 bridgehead atoms. The van der Waals surface area contributed by atoms with Crippen molar-refractivity contribution in [3.05, 3.63) is 23.4 Å². The zero-order chi connectivity index (χ0) is 15.4. The summed E-state index contributed by atoms with van der Waals surface area (Å²) in [6, 6.07) is 4.12. The van der Waals surface area contributed by atoms with E-state index in [4.69, 9.17) is 4.52 Å². The second-order valence-corrected chi connectivity index (χ2v) is 6.06. The molecule has 3 rings (SSSR count). The van der Waals surface area contributed by atoms with Gasteiger partial charge in [0, 0.05) is 18.9 Å². The van der Waals surface area contributed by atoms with Crippen molar-refractivity contribution in [2.24, 2.45) is 0 Å². The van der Waals surface area contributed by atoms with Crippen molar-refractivity contribution < 1.29 is 14.1 Å². The first kappa shape index (κ1) is 14.7. The third-order valence-corrected chi connectivity index (χ3v) is 4.03. The fourth-order valence-corrected chi connectivity index (χ4v) is 2.51. The molecular weight excluding hydrogens is 304 g/mol. The number of amides is 2. The smallest absolute Gasteiger partial charge is 0.239 e. The van der Waals surface area contributed by atoms with E-state index in [1.165, 1.54) is 11.3 Å². The number of carbonyl (C=O) groups excluding carboxylic acids is 2. The van der Waals surface area contributed by atoms with Crippen LogP contribution in [0.5, 0.6) is 0 Å². The van der Waals surface area contributed by atoms with E-state index in [1.54, 1.807) is 0 Å². The zero-order valence-electron chi connectivity index (χ0n) is 11.9. The van der Waals surface area contributed by atoms with Crippen LogP contribution in [0.4, 0.5) is 0 Å². The molecule has 0 aromatic carbocycles. The maximum atomic E-state index is 11.7. The number of aryl methyl sites for hydroxylation is 1. The molecule has 0 radical (unpaired) electrons. The van der Waals surface area contributed by atoms with Crippen molar-refractivity contribution in [3.63, 3.8) is 0 Å². The van der Waals surface area contributed by atoms with Gasteiger partial charge < -0.3 is 15.2 Å². The quantitative estimate of drug-likeness (QED) is 0.797. The fourth-order valence-electron chi connectivity index (χ4n) is 1.86. The first-order chi connectivity index (χ1) is 10.7. The van der Waals surface area contributed by atoms with Crippen LogP contribution in [0.2, 0.25) is 0 Å². The van der Waals surface area contributed by atoms with Gasteiger partial charge in [-0.25, -0.2) is 0 Å². The molecule has 7 nitrogen and oxygen atoms in total. The Hall–Kier alpha value is -2.22. The molecule has 0 atom stereocenters. The van der Waals surface area contributed by atoms with Gasteiger partial charge in [-0.2, -0.15) is 4.98 Å². The van der Waals surface area contributed by atoms with Crippen LogP contribution in [0.25, 0.3) is 10.7 Å². The van der Waals surface area contributed by atoms with Crippen molar-refractivity contribution in [3.8, 4) is 10.7 Å². The summed E-state index contributed by atoms with van der Waals surface area (Å²) in [5, 5.41) is 11.2.